The molecule has 0 spiro atoms. The van der Waals surface area contributed by atoms with Gasteiger partial charge in [0.2, 0.25) is 27.9 Å². The standard InChI is InChI=1S/C19H29N7O6S/c1-3-33(31,32)20-8-9-25(2)18-22-17(21-15-6-4-14(5-7-15)16(29)30)23-19(24-18)26(10-12-27)11-13-28/h4-7,20,27-28H,3,8-13H2,1-2H3,(H,29,30)(H,21,22,23,24). The van der Waals surface area contributed by atoms with Gasteiger partial charge >= 0.3 is 5.97 Å². The Balaban J connectivity index is 2.31. The number of carbonyl (C=O) groups is 1. The molecule has 2 rings (SSSR count). The molecular formula is C19H29N7O6S. The first kappa shape index (κ1) is 26.2. The van der Waals surface area contributed by atoms with Gasteiger partial charge in [0.1, 0.15) is 0 Å². The fourth-order valence-corrected chi connectivity index (χ4v) is 3.28. The Kier molecular flexibility index (Phi) is 9.72. The largest absolute Gasteiger partial charge is 0.478 e. The van der Waals surface area contributed by atoms with E-state index in [2.05, 4.69) is 25.0 Å². The zero-order valence-electron chi connectivity index (χ0n) is 18.5. The highest BCUT2D eigenvalue weighted by Crippen LogP contribution is 2.20. The molecule has 33 heavy (non-hydrogen) atoms. The maximum Gasteiger partial charge on any atom is 0.335 e. The summed E-state index contributed by atoms with van der Waals surface area (Å²) < 4.78 is 25.8. The first-order valence-electron chi connectivity index (χ1n) is 10.2. The summed E-state index contributed by atoms with van der Waals surface area (Å²) in [6, 6.07) is 6.00. The van der Waals surface area contributed by atoms with Crippen molar-refractivity contribution in [2.45, 2.75) is 6.92 Å². The molecule has 0 aliphatic rings. The van der Waals surface area contributed by atoms with Crippen LogP contribution < -0.4 is 19.8 Å². The van der Waals surface area contributed by atoms with Crippen molar-refractivity contribution in [1.29, 1.82) is 0 Å². The summed E-state index contributed by atoms with van der Waals surface area (Å²) in [7, 11) is -1.65. The predicted molar refractivity (Wildman–Crippen MR) is 124 cm³/mol. The summed E-state index contributed by atoms with van der Waals surface area (Å²) in [6.07, 6.45) is 0. The molecule has 0 radical (unpaired) electrons. The van der Waals surface area contributed by atoms with Crippen LogP contribution in [0.4, 0.5) is 23.5 Å². The van der Waals surface area contributed by atoms with E-state index in [0.29, 0.717) is 5.69 Å². The van der Waals surface area contributed by atoms with Gasteiger partial charge in [-0.05, 0) is 31.2 Å². The van der Waals surface area contributed by atoms with Crippen molar-refractivity contribution in [3.05, 3.63) is 29.8 Å². The van der Waals surface area contributed by atoms with Crippen LogP contribution in [0.2, 0.25) is 0 Å². The fourth-order valence-electron chi connectivity index (χ4n) is 2.67. The van der Waals surface area contributed by atoms with Gasteiger partial charge in [0.15, 0.2) is 0 Å². The molecule has 182 valence electrons. The molecule has 0 bridgehead atoms. The van der Waals surface area contributed by atoms with Crippen LogP contribution in [0.5, 0.6) is 0 Å². The van der Waals surface area contributed by atoms with Gasteiger partial charge in [-0.15, -0.1) is 0 Å². The van der Waals surface area contributed by atoms with Crippen molar-refractivity contribution < 1.29 is 28.5 Å². The SMILES string of the molecule is CCS(=O)(=O)NCCN(C)c1nc(Nc2ccc(C(=O)O)cc2)nc(N(CCO)CCO)n1. The maximum absolute atomic E-state index is 11.7. The number of carboxylic acids is 1. The van der Waals surface area contributed by atoms with Gasteiger partial charge < -0.3 is 30.4 Å². The van der Waals surface area contributed by atoms with E-state index in [-0.39, 0.29) is 68.6 Å². The Hall–Kier alpha value is -3.07. The molecule has 0 fully saturated rings. The Bertz CT molecular complexity index is 1010. The van der Waals surface area contributed by atoms with Gasteiger partial charge in [-0.1, -0.05) is 0 Å². The van der Waals surface area contributed by atoms with Crippen molar-refractivity contribution in [3.8, 4) is 0 Å². The molecule has 1 aromatic heterocycles. The number of aromatic carboxylic acids is 1. The number of carboxylic acid groups (broad SMARTS) is 1. The predicted octanol–water partition coefficient (Wildman–Crippen LogP) is -0.520. The summed E-state index contributed by atoms with van der Waals surface area (Å²) >= 11 is 0. The van der Waals surface area contributed by atoms with Crippen LogP contribution in [0.15, 0.2) is 24.3 Å². The normalized spacial score (nSPS) is 11.3. The minimum Gasteiger partial charge on any atom is -0.478 e. The molecule has 0 saturated heterocycles. The summed E-state index contributed by atoms with van der Waals surface area (Å²) in [5.41, 5.74) is 0.668. The molecule has 0 atom stereocenters. The Morgan fingerprint density at radius 2 is 1.61 bits per heavy atom. The highest BCUT2D eigenvalue weighted by atomic mass is 32.2. The van der Waals surface area contributed by atoms with E-state index in [0.717, 1.165) is 0 Å². The van der Waals surface area contributed by atoms with Gasteiger partial charge in [0.25, 0.3) is 0 Å². The highest BCUT2D eigenvalue weighted by Gasteiger charge is 2.16. The first-order valence-corrected chi connectivity index (χ1v) is 11.9. The lowest BCUT2D eigenvalue weighted by Gasteiger charge is -2.24. The number of aromatic nitrogens is 3. The van der Waals surface area contributed by atoms with E-state index in [9.17, 15) is 23.4 Å². The Morgan fingerprint density at radius 3 is 2.15 bits per heavy atom. The van der Waals surface area contributed by atoms with Gasteiger partial charge in [-0.2, -0.15) is 15.0 Å². The Morgan fingerprint density at radius 1 is 1.00 bits per heavy atom. The molecule has 5 N–H and O–H groups in total. The van der Waals surface area contributed by atoms with E-state index in [1.165, 1.54) is 12.1 Å². The fraction of sp³-hybridized carbons (Fsp3) is 0.474. The Labute approximate surface area is 192 Å². The number of rotatable bonds is 14. The monoisotopic (exact) mass is 483 g/mol. The summed E-state index contributed by atoms with van der Waals surface area (Å²) in [5.74, 6) is -0.483. The molecule has 13 nitrogen and oxygen atoms in total. The number of hydrogen-bond donors (Lipinski definition) is 5. The topological polar surface area (TPSA) is 181 Å². The van der Waals surface area contributed by atoms with Crippen molar-refractivity contribution >= 4 is 39.5 Å². The van der Waals surface area contributed by atoms with Crippen molar-refractivity contribution in [2.75, 3.05) is 67.3 Å². The van der Waals surface area contributed by atoms with E-state index in [1.54, 1.807) is 35.9 Å². The minimum absolute atomic E-state index is 0.0291. The lowest BCUT2D eigenvalue weighted by Crippen LogP contribution is -2.35. The number of likely N-dealkylation sites (N-methyl/N-ethyl adjacent to an activating group) is 1. The molecule has 0 unspecified atom stereocenters. The molecule has 2 aromatic rings. The van der Waals surface area contributed by atoms with Crippen LogP contribution in [0.1, 0.15) is 17.3 Å². The number of aliphatic hydroxyl groups is 2. The van der Waals surface area contributed by atoms with Crippen LogP contribution in [0.25, 0.3) is 0 Å². The van der Waals surface area contributed by atoms with E-state index < -0.39 is 16.0 Å². The maximum atomic E-state index is 11.7. The second-order valence-corrected chi connectivity index (χ2v) is 9.02. The number of sulfonamides is 1. The zero-order chi connectivity index (χ0) is 24.4. The van der Waals surface area contributed by atoms with E-state index >= 15 is 0 Å². The van der Waals surface area contributed by atoms with Gasteiger partial charge in [0, 0.05) is 38.9 Å². The smallest absolute Gasteiger partial charge is 0.335 e. The second-order valence-electron chi connectivity index (χ2n) is 6.92. The lowest BCUT2D eigenvalue weighted by molar-refractivity contribution is 0.0697. The van der Waals surface area contributed by atoms with Gasteiger partial charge in [-0.3, -0.25) is 0 Å². The van der Waals surface area contributed by atoms with Gasteiger partial charge in [-0.25, -0.2) is 17.9 Å². The minimum atomic E-state index is -3.34. The third-order valence-corrected chi connectivity index (χ3v) is 5.92. The number of anilines is 4. The van der Waals surface area contributed by atoms with Crippen molar-refractivity contribution in [3.63, 3.8) is 0 Å². The first-order chi connectivity index (χ1) is 15.7. The third-order valence-electron chi connectivity index (χ3n) is 4.51. The number of aliphatic hydroxyl groups excluding tert-OH is 2. The number of nitrogens with one attached hydrogen (secondary N) is 2. The summed E-state index contributed by atoms with van der Waals surface area (Å²) in [5, 5.41) is 30.8. The molecule has 1 aromatic carbocycles. The number of hydrogen-bond acceptors (Lipinski definition) is 11. The molecule has 0 amide bonds. The van der Waals surface area contributed by atoms with Gasteiger partial charge in [0.05, 0.1) is 24.5 Å². The molecule has 0 saturated carbocycles. The second kappa shape index (κ2) is 12.2. The molecule has 14 heteroatoms. The quantitative estimate of drug-likeness (QED) is 0.232. The highest BCUT2D eigenvalue weighted by molar-refractivity contribution is 7.89. The van der Waals surface area contributed by atoms with E-state index in [4.69, 9.17) is 5.11 Å². The number of benzene rings is 1. The average molecular weight is 484 g/mol. The average Bonchev–Trinajstić information content (AvgIpc) is 2.79. The van der Waals surface area contributed by atoms with Crippen LogP contribution in [0, 0.1) is 0 Å². The van der Waals surface area contributed by atoms with Crippen LogP contribution >= 0.6 is 0 Å². The summed E-state index contributed by atoms with van der Waals surface area (Å²) in [4.78, 5) is 27.4. The molecule has 1 heterocycles. The van der Waals surface area contributed by atoms with Crippen molar-refractivity contribution in [2.24, 2.45) is 0 Å². The number of nitrogens with zero attached hydrogens (tertiary/aromatic N) is 5. The third kappa shape index (κ3) is 8.09. The zero-order valence-corrected chi connectivity index (χ0v) is 19.3. The molecule has 0 aliphatic heterocycles. The van der Waals surface area contributed by atoms with Crippen LogP contribution in [0.3, 0.4) is 0 Å². The van der Waals surface area contributed by atoms with E-state index in [1.807, 2.05) is 0 Å². The molecular weight excluding hydrogens is 454 g/mol. The molecule has 0 aliphatic carbocycles. The van der Waals surface area contributed by atoms with Crippen LogP contribution in [-0.2, 0) is 10.0 Å². The van der Waals surface area contributed by atoms with Crippen LogP contribution in [-0.4, -0.2) is 96.9 Å². The summed E-state index contributed by atoms with van der Waals surface area (Å²) in [6.45, 7) is 1.94. The lowest BCUT2D eigenvalue weighted by atomic mass is 10.2. The van der Waals surface area contributed by atoms with Crippen molar-refractivity contribution in [1.82, 2.24) is 19.7 Å².